The third kappa shape index (κ3) is 6.78. The monoisotopic (exact) mass is 383 g/mol. The third-order valence-electron chi connectivity index (χ3n) is 4.12. The SMILES string of the molecule is Cl.NC(CNc1cnsn1)COc1cccc(CN2CCCCC2)c1. The van der Waals surface area contributed by atoms with E-state index < -0.39 is 0 Å². The van der Waals surface area contributed by atoms with Gasteiger partial charge in [0.15, 0.2) is 5.82 Å². The molecule has 138 valence electrons. The molecule has 8 heteroatoms. The van der Waals surface area contributed by atoms with Gasteiger partial charge in [0.1, 0.15) is 12.4 Å². The van der Waals surface area contributed by atoms with Crippen molar-refractivity contribution in [1.82, 2.24) is 13.6 Å². The average molecular weight is 384 g/mol. The number of likely N-dealkylation sites (tertiary alicyclic amines) is 1. The first-order valence-electron chi connectivity index (χ1n) is 8.51. The maximum Gasteiger partial charge on any atom is 0.160 e. The van der Waals surface area contributed by atoms with E-state index in [1.165, 1.54) is 49.6 Å². The van der Waals surface area contributed by atoms with Crippen LogP contribution in [0.1, 0.15) is 24.8 Å². The smallest absolute Gasteiger partial charge is 0.160 e. The highest BCUT2D eigenvalue weighted by Gasteiger charge is 2.11. The van der Waals surface area contributed by atoms with E-state index in [9.17, 15) is 0 Å². The zero-order valence-corrected chi connectivity index (χ0v) is 15.9. The lowest BCUT2D eigenvalue weighted by molar-refractivity contribution is 0.220. The Kier molecular flexibility index (Phi) is 8.40. The van der Waals surface area contributed by atoms with Gasteiger partial charge < -0.3 is 15.8 Å². The minimum absolute atomic E-state index is 0. The van der Waals surface area contributed by atoms with Gasteiger partial charge in [0.2, 0.25) is 0 Å². The highest BCUT2D eigenvalue weighted by Crippen LogP contribution is 2.17. The van der Waals surface area contributed by atoms with Gasteiger partial charge in [-0.15, -0.1) is 12.4 Å². The number of nitrogens with two attached hydrogens (primary N) is 1. The molecule has 1 aromatic carbocycles. The fourth-order valence-corrected chi connectivity index (χ4v) is 3.24. The van der Waals surface area contributed by atoms with Gasteiger partial charge in [0, 0.05) is 13.1 Å². The zero-order chi connectivity index (χ0) is 16.6. The number of benzene rings is 1. The van der Waals surface area contributed by atoms with Crippen LogP contribution >= 0.6 is 24.1 Å². The van der Waals surface area contributed by atoms with E-state index in [1.54, 1.807) is 6.20 Å². The number of nitrogens with zero attached hydrogens (tertiary/aromatic N) is 3. The molecular weight excluding hydrogens is 358 g/mol. The van der Waals surface area contributed by atoms with Crippen LogP contribution < -0.4 is 15.8 Å². The first-order valence-corrected chi connectivity index (χ1v) is 9.24. The summed E-state index contributed by atoms with van der Waals surface area (Å²) in [6.45, 7) is 4.48. The van der Waals surface area contributed by atoms with Crippen LogP contribution in [0, 0.1) is 0 Å². The third-order valence-corrected chi connectivity index (χ3v) is 4.60. The van der Waals surface area contributed by atoms with E-state index in [4.69, 9.17) is 10.5 Å². The van der Waals surface area contributed by atoms with E-state index in [2.05, 4.69) is 37.2 Å². The lowest BCUT2D eigenvalue weighted by Crippen LogP contribution is -2.35. The Bertz CT molecular complexity index is 607. The van der Waals surface area contributed by atoms with E-state index in [-0.39, 0.29) is 18.4 Å². The molecule has 2 aromatic rings. The predicted octanol–water partition coefficient (Wildman–Crippen LogP) is 2.76. The molecule has 3 N–H and O–H groups in total. The van der Waals surface area contributed by atoms with Crippen molar-refractivity contribution in [2.45, 2.75) is 31.8 Å². The minimum Gasteiger partial charge on any atom is -0.492 e. The number of anilines is 1. The van der Waals surface area contributed by atoms with Crippen LogP contribution in [0.25, 0.3) is 0 Å². The van der Waals surface area contributed by atoms with Gasteiger partial charge in [-0.1, -0.05) is 18.6 Å². The standard InChI is InChI=1S/C17H25N5OS.ClH/c18-15(10-19-17-11-20-24-21-17)13-23-16-6-4-5-14(9-16)12-22-7-2-1-3-8-22;/h4-6,9,11,15H,1-3,7-8,10,12-13,18H2,(H,19,21);1H. The Morgan fingerprint density at radius 2 is 2.12 bits per heavy atom. The molecule has 0 radical (unpaired) electrons. The molecule has 1 aliphatic heterocycles. The number of piperidine rings is 1. The van der Waals surface area contributed by atoms with Crippen molar-refractivity contribution < 1.29 is 4.74 Å². The molecular formula is C17H26ClN5OS. The first kappa shape index (κ1) is 19.9. The molecule has 3 rings (SSSR count). The van der Waals surface area contributed by atoms with Crippen LogP contribution in [0.5, 0.6) is 5.75 Å². The van der Waals surface area contributed by atoms with Crippen LogP contribution in [-0.4, -0.2) is 45.9 Å². The molecule has 0 bridgehead atoms. The van der Waals surface area contributed by atoms with Crippen LogP contribution in [0.4, 0.5) is 5.82 Å². The van der Waals surface area contributed by atoms with Gasteiger partial charge in [-0.05, 0) is 43.6 Å². The maximum absolute atomic E-state index is 6.09. The van der Waals surface area contributed by atoms with E-state index in [1.807, 2.05) is 6.07 Å². The number of nitrogens with one attached hydrogen (secondary N) is 1. The van der Waals surface area contributed by atoms with Gasteiger partial charge in [0.25, 0.3) is 0 Å². The fourth-order valence-electron chi connectivity index (χ4n) is 2.85. The van der Waals surface area contributed by atoms with E-state index in [0.717, 1.165) is 18.1 Å². The summed E-state index contributed by atoms with van der Waals surface area (Å²) in [7, 11) is 0. The quantitative estimate of drug-likeness (QED) is 0.730. The van der Waals surface area contributed by atoms with Crippen molar-refractivity contribution in [3.8, 4) is 5.75 Å². The average Bonchev–Trinajstić information content (AvgIpc) is 3.13. The Morgan fingerprint density at radius 1 is 1.28 bits per heavy atom. The van der Waals surface area contributed by atoms with Crippen molar-refractivity contribution in [3.63, 3.8) is 0 Å². The molecule has 1 saturated heterocycles. The molecule has 0 spiro atoms. The van der Waals surface area contributed by atoms with Crippen LogP contribution in [0.15, 0.2) is 30.5 Å². The fraction of sp³-hybridized carbons (Fsp3) is 0.529. The number of ether oxygens (including phenoxy) is 1. The summed E-state index contributed by atoms with van der Waals surface area (Å²) in [4.78, 5) is 2.51. The summed E-state index contributed by atoms with van der Waals surface area (Å²) in [6.07, 6.45) is 5.68. The largest absolute Gasteiger partial charge is 0.492 e. The zero-order valence-electron chi connectivity index (χ0n) is 14.3. The summed E-state index contributed by atoms with van der Waals surface area (Å²) in [6, 6.07) is 8.23. The van der Waals surface area contributed by atoms with Crippen molar-refractivity contribution in [3.05, 3.63) is 36.0 Å². The molecule has 1 aromatic heterocycles. The Balaban J connectivity index is 0.00000225. The molecule has 25 heavy (non-hydrogen) atoms. The second-order valence-corrected chi connectivity index (χ2v) is 6.79. The molecule has 0 saturated carbocycles. The first-order chi connectivity index (χ1) is 11.8. The van der Waals surface area contributed by atoms with Gasteiger partial charge in [-0.2, -0.15) is 8.75 Å². The molecule has 1 atom stereocenters. The Labute approximate surface area is 159 Å². The second-order valence-electron chi connectivity index (χ2n) is 6.23. The highest BCUT2D eigenvalue weighted by atomic mass is 35.5. The highest BCUT2D eigenvalue weighted by molar-refractivity contribution is 6.99. The Hall–Kier alpha value is -1.41. The topological polar surface area (TPSA) is 76.3 Å². The molecule has 1 unspecified atom stereocenters. The number of halogens is 1. The van der Waals surface area contributed by atoms with Crippen LogP contribution in [-0.2, 0) is 6.54 Å². The second kappa shape index (κ2) is 10.6. The molecule has 0 amide bonds. The molecule has 2 heterocycles. The van der Waals surface area contributed by atoms with E-state index >= 15 is 0 Å². The van der Waals surface area contributed by atoms with Crippen molar-refractivity contribution >= 4 is 30.0 Å². The molecule has 1 fully saturated rings. The van der Waals surface area contributed by atoms with Gasteiger partial charge in [-0.3, -0.25) is 4.90 Å². The normalized spacial score (nSPS) is 16.0. The summed E-state index contributed by atoms with van der Waals surface area (Å²) >= 11 is 1.18. The van der Waals surface area contributed by atoms with Crippen LogP contribution in [0.3, 0.4) is 0 Å². The maximum atomic E-state index is 6.09. The molecule has 1 aliphatic rings. The molecule has 0 aliphatic carbocycles. The Morgan fingerprint density at radius 3 is 2.88 bits per heavy atom. The van der Waals surface area contributed by atoms with Crippen molar-refractivity contribution in [2.24, 2.45) is 5.73 Å². The summed E-state index contributed by atoms with van der Waals surface area (Å²) in [5, 5.41) is 3.15. The number of hydrogen-bond acceptors (Lipinski definition) is 7. The summed E-state index contributed by atoms with van der Waals surface area (Å²) in [5.41, 5.74) is 7.39. The van der Waals surface area contributed by atoms with Crippen molar-refractivity contribution in [1.29, 1.82) is 0 Å². The number of rotatable bonds is 8. The van der Waals surface area contributed by atoms with Crippen LogP contribution in [0.2, 0.25) is 0 Å². The minimum atomic E-state index is -0.0996. The van der Waals surface area contributed by atoms with Crippen molar-refractivity contribution in [2.75, 3.05) is 31.6 Å². The lowest BCUT2D eigenvalue weighted by Gasteiger charge is -2.26. The summed E-state index contributed by atoms with van der Waals surface area (Å²) in [5.74, 6) is 1.65. The lowest BCUT2D eigenvalue weighted by atomic mass is 10.1. The van der Waals surface area contributed by atoms with Gasteiger partial charge >= 0.3 is 0 Å². The summed E-state index contributed by atoms with van der Waals surface area (Å²) < 4.78 is 13.9. The van der Waals surface area contributed by atoms with Gasteiger partial charge in [0.05, 0.1) is 24.0 Å². The molecule has 6 nitrogen and oxygen atoms in total. The predicted molar refractivity (Wildman–Crippen MR) is 105 cm³/mol. The number of aromatic nitrogens is 2. The van der Waals surface area contributed by atoms with Gasteiger partial charge in [-0.25, -0.2) is 0 Å². The number of hydrogen-bond donors (Lipinski definition) is 2. The van der Waals surface area contributed by atoms with E-state index in [0.29, 0.717) is 13.2 Å².